The molecule has 0 radical (unpaired) electrons. The van der Waals surface area contributed by atoms with Gasteiger partial charge in [-0.3, -0.25) is 14.9 Å². The number of hydrogen-bond donors (Lipinski definition) is 1. The van der Waals surface area contributed by atoms with Crippen LogP contribution >= 0.6 is 0 Å². The van der Waals surface area contributed by atoms with Gasteiger partial charge in [0.15, 0.2) is 0 Å². The molecule has 0 aromatic heterocycles. The lowest BCUT2D eigenvalue weighted by Gasteiger charge is -2.15. The molecule has 30 heavy (non-hydrogen) atoms. The summed E-state index contributed by atoms with van der Waals surface area (Å²) < 4.78 is 4.52. The van der Waals surface area contributed by atoms with E-state index in [-0.39, 0.29) is 11.6 Å². The Hall–Kier alpha value is -3.68. The maximum atomic E-state index is 11.7. The molecule has 156 valence electrons. The normalized spacial score (nSPS) is 13.6. The van der Waals surface area contributed by atoms with E-state index in [1.807, 2.05) is 29.2 Å². The summed E-state index contributed by atoms with van der Waals surface area (Å²) in [5, 5.41) is 14.5. The second-order valence-corrected chi connectivity index (χ2v) is 6.98. The number of benzene rings is 2. The van der Waals surface area contributed by atoms with Crippen LogP contribution < -0.4 is 5.32 Å². The summed E-state index contributed by atoms with van der Waals surface area (Å²) in [4.78, 5) is 35.8. The minimum Gasteiger partial charge on any atom is -0.466 e. The van der Waals surface area contributed by atoms with Gasteiger partial charge in [-0.1, -0.05) is 30.3 Å². The number of hydrogen-bond acceptors (Lipinski definition) is 6. The molecular weight excluding hydrogens is 386 g/mol. The van der Waals surface area contributed by atoms with Gasteiger partial charge in [0.2, 0.25) is 5.91 Å². The SMILES string of the molecule is COC(=O)/C=C/c1ccc(NCc2ccc(CN3CCCC3=O)cc2)c([N+](=O)[O-])c1. The van der Waals surface area contributed by atoms with Crippen LogP contribution in [0.25, 0.3) is 6.08 Å². The summed E-state index contributed by atoms with van der Waals surface area (Å²) in [6, 6.07) is 12.5. The first-order chi connectivity index (χ1) is 14.5. The van der Waals surface area contributed by atoms with Crippen LogP contribution in [0.5, 0.6) is 0 Å². The standard InChI is InChI=1S/C22H23N3O5/c1-30-22(27)11-9-16-8-10-19(20(13-16)25(28)29)23-14-17-4-6-18(7-5-17)15-24-12-2-3-21(24)26/h4-11,13,23H,2-3,12,14-15H2,1H3/b11-9+. The Morgan fingerprint density at radius 2 is 1.97 bits per heavy atom. The molecule has 1 aliphatic heterocycles. The van der Waals surface area contributed by atoms with Gasteiger partial charge < -0.3 is 15.0 Å². The van der Waals surface area contributed by atoms with E-state index in [9.17, 15) is 19.7 Å². The Morgan fingerprint density at radius 3 is 2.60 bits per heavy atom. The molecule has 0 spiro atoms. The predicted molar refractivity (Wildman–Crippen MR) is 113 cm³/mol. The van der Waals surface area contributed by atoms with Crippen LogP contribution in [0.15, 0.2) is 48.5 Å². The number of methoxy groups -OCH3 is 1. The average molecular weight is 409 g/mol. The van der Waals surface area contributed by atoms with Crippen molar-refractivity contribution in [1.29, 1.82) is 0 Å². The second-order valence-electron chi connectivity index (χ2n) is 6.98. The van der Waals surface area contributed by atoms with Crippen molar-refractivity contribution in [2.45, 2.75) is 25.9 Å². The van der Waals surface area contributed by atoms with Crippen molar-refractivity contribution in [1.82, 2.24) is 4.90 Å². The fourth-order valence-corrected chi connectivity index (χ4v) is 3.24. The van der Waals surface area contributed by atoms with Gasteiger partial charge in [-0.2, -0.15) is 0 Å². The van der Waals surface area contributed by atoms with Gasteiger partial charge in [-0.15, -0.1) is 0 Å². The van der Waals surface area contributed by atoms with Crippen LogP contribution in [0.3, 0.4) is 0 Å². The van der Waals surface area contributed by atoms with Gasteiger partial charge >= 0.3 is 5.97 Å². The number of nitro benzene ring substituents is 1. The van der Waals surface area contributed by atoms with Crippen LogP contribution in [0, 0.1) is 10.1 Å². The third-order valence-corrected chi connectivity index (χ3v) is 4.88. The van der Waals surface area contributed by atoms with Gasteiger partial charge in [0, 0.05) is 38.2 Å². The maximum Gasteiger partial charge on any atom is 0.330 e. The lowest BCUT2D eigenvalue weighted by atomic mass is 10.1. The highest BCUT2D eigenvalue weighted by atomic mass is 16.6. The number of anilines is 1. The Balaban J connectivity index is 1.64. The Morgan fingerprint density at radius 1 is 1.23 bits per heavy atom. The fourth-order valence-electron chi connectivity index (χ4n) is 3.24. The topological polar surface area (TPSA) is 102 Å². The molecule has 2 aromatic carbocycles. The molecule has 0 atom stereocenters. The van der Waals surface area contributed by atoms with Gasteiger partial charge in [0.05, 0.1) is 12.0 Å². The minimum absolute atomic E-state index is 0.0776. The Kier molecular flexibility index (Phi) is 6.79. The molecule has 8 nitrogen and oxygen atoms in total. The van der Waals surface area contributed by atoms with E-state index < -0.39 is 10.9 Å². The summed E-state index contributed by atoms with van der Waals surface area (Å²) in [5.74, 6) is -0.338. The van der Waals surface area contributed by atoms with E-state index in [4.69, 9.17) is 0 Å². The molecule has 2 aromatic rings. The van der Waals surface area contributed by atoms with Crippen molar-refractivity contribution >= 4 is 29.3 Å². The highest BCUT2D eigenvalue weighted by molar-refractivity contribution is 5.87. The van der Waals surface area contributed by atoms with E-state index in [0.717, 1.165) is 24.1 Å². The molecule has 0 bridgehead atoms. The number of esters is 1. The monoisotopic (exact) mass is 409 g/mol. The molecular formula is C22H23N3O5. The largest absolute Gasteiger partial charge is 0.466 e. The number of carbonyl (C=O) groups excluding carboxylic acids is 2. The lowest BCUT2D eigenvalue weighted by Crippen LogP contribution is -2.23. The molecule has 1 saturated heterocycles. The van der Waals surface area contributed by atoms with Crippen LogP contribution in [-0.2, 0) is 27.4 Å². The molecule has 1 N–H and O–H groups in total. The number of nitrogens with one attached hydrogen (secondary N) is 1. The predicted octanol–water partition coefficient (Wildman–Crippen LogP) is 3.52. The third-order valence-electron chi connectivity index (χ3n) is 4.88. The van der Waals surface area contributed by atoms with Crippen molar-refractivity contribution in [2.24, 2.45) is 0 Å². The van der Waals surface area contributed by atoms with Crippen LogP contribution in [0.4, 0.5) is 11.4 Å². The minimum atomic E-state index is -0.530. The molecule has 1 fully saturated rings. The molecule has 0 aliphatic carbocycles. The van der Waals surface area contributed by atoms with Gasteiger partial charge in [0.25, 0.3) is 5.69 Å². The zero-order valence-corrected chi connectivity index (χ0v) is 16.7. The first kappa shape index (κ1) is 21.0. The summed E-state index contributed by atoms with van der Waals surface area (Å²) in [7, 11) is 1.26. The van der Waals surface area contributed by atoms with Crippen LogP contribution in [0.2, 0.25) is 0 Å². The van der Waals surface area contributed by atoms with E-state index in [1.165, 1.54) is 25.3 Å². The lowest BCUT2D eigenvalue weighted by molar-refractivity contribution is -0.384. The number of ether oxygens (including phenoxy) is 1. The maximum absolute atomic E-state index is 11.7. The summed E-state index contributed by atoms with van der Waals surface area (Å²) in [5.41, 5.74) is 2.86. The molecule has 0 unspecified atom stereocenters. The van der Waals surface area contributed by atoms with Crippen molar-refractivity contribution in [3.63, 3.8) is 0 Å². The van der Waals surface area contributed by atoms with E-state index in [2.05, 4.69) is 10.1 Å². The first-order valence-corrected chi connectivity index (χ1v) is 9.60. The number of nitrogens with zero attached hydrogens (tertiary/aromatic N) is 2. The van der Waals surface area contributed by atoms with Crippen molar-refractivity contribution in [3.05, 3.63) is 75.3 Å². The highest BCUT2D eigenvalue weighted by Gasteiger charge is 2.20. The first-order valence-electron chi connectivity index (χ1n) is 9.60. The van der Waals surface area contributed by atoms with Gasteiger partial charge in [0.1, 0.15) is 5.69 Å². The number of nitro groups is 1. The fraction of sp³-hybridized carbons (Fsp3) is 0.273. The summed E-state index contributed by atoms with van der Waals surface area (Å²) in [6.45, 7) is 1.83. The Bertz CT molecular complexity index is 969. The van der Waals surface area contributed by atoms with Gasteiger partial charge in [-0.05, 0) is 35.3 Å². The summed E-state index contributed by atoms with van der Waals surface area (Å²) >= 11 is 0. The molecule has 0 saturated carbocycles. The molecule has 1 amide bonds. The zero-order valence-electron chi connectivity index (χ0n) is 16.7. The van der Waals surface area contributed by atoms with Crippen molar-refractivity contribution in [3.8, 4) is 0 Å². The quantitative estimate of drug-likeness (QED) is 0.310. The van der Waals surface area contributed by atoms with Gasteiger partial charge in [-0.25, -0.2) is 4.79 Å². The third kappa shape index (κ3) is 5.44. The summed E-state index contributed by atoms with van der Waals surface area (Å²) in [6.07, 6.45) is 4.21. The smallest absolute Gasteiger partial charge is 0.330 e. The average Bonchev–Trinajstić information content (AvgIpc) is 3.16. The van der Waals surface area contributed by atoms with Crippen LogP contribution in [0.1, 0.15) is 29.5 Å². The second kappa shape index (κ2) is 9.69. The van der Waals surface area contributed by atoms with Crippen molar-refractivity contribution < 1.29 is 19.2 Å². The van der Waals surface area contributed by atoms with Crippen LogP contribution in [-0.4, -0.2) is 35.4 Å². The molecule has 1 heterocycles. The number of carbonyl (C=O) groups is 2. The Labute approximate surface area is 174 Å². The van der Waals surface area contributed by atoms with Crippen molar-refractivity contribution in [2.75, 3.05) is 19.0 Å². The van der Waals surface area contributed by atoms with E-state index in [1.54, 1.807) is 12.1 Å². The van der Waals surface area contributed by atoms with E-state index >= 15 is 0 Å². The number of amides is 1. The van der Waals surface area contributed by atoms with E-state index in [0.29, 0.717) is 30.8 Å². The molecule has 3 rings (SSSR count). The number of rotatable bonds is 8. The highest BCUT2D eigenvalue weighted by Crippen LogP contribution is 2.27. The molecule has 8 heteroatoms. The molecule has 1 aliphatic rings. The number of likely N-dealkylation sites (tertiary alicyclic amines) is 1. The zero-order chi connectivity index (χ0) is 21.5.